The molecular weight excluding hydrogens is 236 g/mol. The van der Waals surface area contributed by atoms with Crippen LogP contribution >= 0.6 is 0 Å². The number of carbonyl (C=O) groups excluding carboxylic acids is 1. The van der Waals surface area contributed by atoms with Gasteiger partial charge in [0.1, 0.15) is 0 Å². The zero-order valence-corrected chi connectivity index (χ0v) is 12.9. The molecule has 19 heavy (non-hydrogen) atoms. The maximum Gasteiger partial charge on any atom is 0.234 e. The van der Waals surface area contributed by atoms with E-state index in [0.717, 1.165) is 0 Å². The fourth-order valence-electron chi connectivity index (χ4n) is 2.41. The molecule has 3 N–H and O–H groups in total. The van der Waals surface area contributed by atoms with Crippen molar-refractivity contribution < 1.29 is 4.79 Å². The van der Waals surface area contributed by atoms with E-state index in [1.807, 2.05) is 13.8 Å². The van der Waals surface area contributed by atoms with Crippen molar-refractivity contribution in [2.45, 2.75) is 53.6 Å². The predicted octanol–water partition coefficient (Wildman–Crippen LogP) is 2.77. The first-order valence-electron chi connectivity index (χ1n) is 6.87. The van der Waals surface area contributed by atoms with Gasteiger partial charge in [0.25, 0.3) is 0 Å². The molecule has 3 heteroatoms. The van der Waals surface area contributed by atoms with Crippen LogP contribution in [-0.4, -0.2) is 11.9 Å². The second kappa shape index (κ2) is 6.20. The summed E-state index contributed by atoms with van der Waals surface area (Å²) in [5.41, 5.74) is 10.5. The summed E-state index contributed by atoms with van der Waals surface area (Å²) in [6.45, 7) is 12.4. The van der Waals surface area contributed by atoms with Gasteiger partial charge in [-0.15, -0.1) is 0 Å². The Balaban J connectivity index is 2.97. The van der Waals surface area contributed by atoms with Crippen LogP contribution in [0, 0.1) is 26.7 Å². The molecule has 0 saturated carbocycles. The fourth-order valence-corrected chi connectivity index (χ4v) is 2.41. The summed E-state index contributed by atoms with van der Waals surface area (Å²) in [4.78, 5) is 11.5. The van der Waals surface area contributed by atoms with Crippen LogP contribution in [0.3, 0.4) is 0 Å². The van der Waals surface area contributed by atoms with E-state index < -0.39 is 0 Å². The Bertz CT molecular complexity index is 466. The first-order valence-corrected chi connectivity index (χ1v) is 6.87. The Morgan fingerprint density at radius 2 is 1.58 bits per heavy atom. The SMILES string of the molecule is Cc1cc(C)c(C(C)NC(C(N)=O)C(C)C)cc1C. The highest BCUT2D eigenvalue weighted by molar-refractivity contribution is 5.80. The highest BCUT2D eigenvalue weighted by atomic mass is 16.1. The van der Waals surface area contributed by atoms with E-state index in [9.17, 15) is 4.79 Å². The average Bonchev–Trinajstić information content (AvgIpc) is 2.29. The lowest BCUT2D eigenvalue weighted by Gasteiger charge is -2.25. The molecule has 3 nitrogen and oxygen atoms in total. The summed E-state index contributed by atoms with van der Waals surface area (Å²) in [6.07, 6.45) is 0. The number of carbonyl (C=O) groups is 1. The minimum atomic E-state index is -0.295. The van der Waals surface area contributed by atoms with Crippen molar-refractivity contribution in [1.82, 2.24) is 5.32 Å². The molecule has 0 radical (unpaired) electrons. The van der Waals surface area contributed by atoms with E-state index >= 15 is 0 Å². The van der Waals surface area contributed by atoms with Gasteiger partial charge in [-0.2, -0.15) is 0 Å². The first kappa shape index (κ1) is 15.7. The van der Waals surface area contributed by atoms with Gasteiger partial charge in [-0.25, -0.2) is 0 Å². The normalized spacial score (nSPS) is 14.5. The molecule has 1 aromatic rings. The summed E-state index contributed by atoms with van der Waals surface area (Å²) in [5.74, 6) is -0.102. The number of rotatable bonds is 5. The van der Waals surface area contributed by atoms with Gasteiger partial charge in [-0.1, -0.05) is 26.0 Å². The lowest BCUT2D eigenvalue weighted by molar-refractivity contribution is -0.121. The number of aryl methyl sites for hydroxylation is 3. The third kappa shape index (κ3) is 3.80. The second-order valence-electron chi connectivity index (χ2n) is 5.81. The van der Waals surface area contributed by atoms with Crippen molar-refractivity contribution in [3.63, 3.8) is 0 Å². The maximum atomic E-state index is 11.5. The number of nitrogens with two attached hydrogens (primary N) is 1. The van der Waals surface area contributed by atoms with Crippen molar-refractivity contribution in [2.75, 3.05) is 0 Å². The molecule has 106 valence electrons. The van der Waals surface area contributed by atoms with Gasteiger partial charge in [0.2, 0.25) is 5.91 Å². The number of hydrogen-bond donors (Lipinski definition) is 2. The third-order valence-corrected chi connectivity index (χ3v) is 3.75. The Morgan fingerprint density at radius 1 is 1.05 bits per heavy atom. The van der Waals surface area contributed by atoms with Crippen LogP contribution in [-0.2, 0) is 4.79 Å². The van der Waals surface area contributed by atoms with Crippen LogP contribution in [0.25, 0.3) is 0 Å². The predicted molar refractivity (Wildman–Crippen MR) is 80.0 cm³/mol. The molecule has 1 aromatic carbocycles. The van der Waals surface area contributed by atoms with Crippen molar-refractivity contribution >= 4 is 5.91 Å². The lowest BCUT2D eigenvalue weighted by atomic mass is 9.95. The molecule has 0 fully saturated rings. The molecular formula is C16H26N2O. The molecule has 2 unspecified atom stereocenters. The van der Waals surface area contributed by atoms with Crippen molar-refractivity contribution in [3.8, 4) is 0 Å². The highest BCUT2D eigenvalue weighted by Crippen LogP contribution is 2.22. The molecule has 0 aliphatic rings. The molecule has 0 bridgehead atoms. The molecule has 1 amide bonds. The van der Waals surface area contributed by atoms with E-state index in [2.05, 4.69) is 45.1 Å². The number of benzene rings is 1. The van der Waals surface area contributed by atoms with Gasteiger partial charge in [0.05, 0.1) is 6.04 Å². The van der Waals surface area contributed by atoms with Crippen LogP contribution in [0.1, 0.15) is 49.1 Å². The van der Waals surface area contributed by atoms with Crippen LogP contribution in [0.5, 0.6) is 0 Å². The largest absolute Gasteiger partial charge is 0.368 e. The van der Waals surface area contributed by atoms with Crippen LogP contribution in [0.4, 0.5) is 0 Å². The van der Waals surface area contributed by atoms with E-state index in [1.54, 1.807) is 0 Å². The summed E-state index contributed by atoms with van der Waals surface area (Å²) < 4.78 is 0. The molecule has 1 rings (SSSR count). The van der Waals surface area contributed by atoms with Crippen LogP contribution in [0.2, 0.25) is 0 Å². The standard InChI is InChI=1S/C16H26N2O/c1-9(2)15(16(17)19)18-13(6)14-8-11(4)10(3)7-12(14)5/h7-9,13,15,18H,1-6H3,(H2,17,19). The van der Waals surface area contributed by atoms with Crippen molar-refractivity contribution in [3.05, 3.63) is 34.4 Å². The summed E-state index contributed by atoms with van der Waals surface area (Å²) in [5, 5.41) is 3.35. The average molecular weight is 262 g/mol. The Morgan fingerprint density at radius 3 is 2.05 bits per heavy atom. The topological polar surface area (TPSA) is 55.1 Å². The van der Waals surface area contributed by atoms with E-state index in [0.29, 0.717) is 0 Å². The quantitative estimate of drug-likeness (QED) is 0.857. The molecule has 0 aliphatic heterocycles. The minimum Gasteiger partial charge on any atom is -0.368 e. The minimum absolute atomic E-state index is 0.110. The molecule has 0 spiro atoms. The smallest absolute Gasteiger partial charge is 0.234 e. The number of amides is 1. The van der Waals surface area contributed by atoms with E-state index in [4.69, 9.17) is 5.73 Å². The molecule has 0 heterocycles. The Hall–Kier alpha value is -1.35. The molecule has 0 aromatic heterocycles. The summed E-state index contributed by atoms with van der Waals surface area (Å²) in [7, 11) is 0. The van der Waals surface area contributed by atoms with Gasteiger partial charge in [-0.3, -0.25) is 10.1 Å². The summed E-state index contributed by atoms with van der Waals surface area (Å²) >= 11 is 0. The monoisotopic (exact) mass is 262 g/mol. The van der Waals surface area contributed by atoms with Crippen molar-refractivity contribution in [2.24, 2.45) is 11.7 Å². The van der Waals surface area contributed by atoms with E-state index in [-0.39, 0.29) is 23.9 Å². The Labute approximate surface area is 116 Å². The second-order valence-corrected chi connectivity index (χ2v) is 5.81. The zero-order chi connectivity index (χ0) is 14.7. The van der Waals surface area contributed by atoms with Crippen LogP contribution < -0.4 is 11.1 Å². The zero-order valence-electron chi connectivity index (χ0n) is 12.9. The third-order valence-electron chi connectivity index (χ3n) is 3.75. The van der Waals surface area contributed by atoms with E-state index in [1.165, 1.54) is 22.3 Å². The summed E-state index contributed by atoms with van der Waals surface area (Å²) in [6, 6.07) is 4.20. The van der Waals surface area contributed by atoms with Crippen molar-refractivity contribution in [1.29, 1.82) is 0 Å². The fraction of sp³-hybridized carbons (Fsp3) is 0.562. The number of nitrogens with one attached hydrogen (secondary N) is 1. The molecule has 2 atom stereocenters. The molecule has 0 aliphatic carbocycles. The van der Waals surface area contributed by atoms with Crippen LogP contribution in [0.15, 0.2) is 12.1 Å². The first-order chi connectivity index (χ1) is 8.73. The lowest BCUT2D eigenvalue weighted by Crippen LogP contribution is -2.46. The van der Waals surface area contributed by atoms with Gasteiger partial charge < -0.3 is 5.73 Å². The Kier molecular flexibility index (Phi) is 5.12. The van der Waals surface area contributed by atoms with Gasteiger partial charge in [0, 0.05) is 6.04 Å². The van der Waals surface area contributed by atoms with Gasteiger partial charge in [-0.05, 0) is 55.9 Å². The molecule has 0 saturated heterocycles. The highest BCUT2D eigenvalue weighted by Gasteiger charge is 2.22. The number of primary amides is 1. The number of hydrogen-bond acceptors (Lipinski definition) is 2. The maximum absolute atomic E-state index is 11.5. The van der Waals surface area contributed by atoms with Gasteiger partial charge in [0.15, 0.2) is 0 Å². The van der Waals surface area contributed by atoms with Gasteiger partial charge >= 0.3 is 0 Å².